The smallest absolute Gasteiger partial charge is 0.239 e. The number of aromatic nitrogens is 2. The quantitative estimate of drug-likeness (QED) is 0.625. The van der Waals surface area contributed by atoms with Crippen LogP contribution in [0, 0.1) is 19.8 Å². The van der Waals surface area contributed by atoms with E-state index >= 15 is 0 Å². The number of nitrogens with one attached hydrogen (secondary N) is 2. The van der Waals surface area contributed by atoms with E-state index in [0.717, 1.165) is 35.3 Å². The van der Waals surface area contributed by atoms with Crippen molar-refractivity contribution in [1.82, 2.24) is 15.5 Å². The Balaban J connectivity index is 1.48. The zero-order valence-corrected chi connectivity index (χ0v) is 14.7. The van der Waals surface area contributed by atoms with Crippen molar-refractivity contribution in [3.63, 3.8) is 0 Å². The molecule has 6 nitrogen and oxygen atoms in total. The van der Waals surface area contributed by atoms with E-state index in [1.165, 1.54) is 0 Å². The normalized spacial score (nSPS) is 17.1. The Morgan fingerprint density at radius 3 is 2.76 bits per heavy atom. The number of carbonyl (C=O) groups is 2. The van der Waals surface area contributed by atoms with E-state index in [-0.39, 0.29) is 11.8 Å². The standard InChI is InChI=1S/C19H24N4O2/c1-13-5-7-16(8-6-13)23-11-9-17(19(23)25)18(24)20-10-3-4-15-12-21-22-14(15)2/h5-8,12,17H,3-4,9-11H2,1-2H3,(H,20,24)(H,21,22)/t17-/m0/s1. The Labute approximate surface area is 147 Å². The van der Waals surface area contributed by atoms with Crippen molar-refractivity contribution in [2.24, 2.45) is 5.92 Å². The van der Waals surface area contributed by atoms with Crippen LogP contribution in [0.25, 0.3) is 0 Å². The van der Waals surface area contributed by atoms with Crippen LogP contribution >= 0.6 is 0 Å². The van der Waals surface area contributed by atoms with Crippen LogP contribution in [0.5, 0.6) is 0 Å². The SMILES string of the molecule is Cc1ccc(N2CC[C@@H](C(=O)NCCCc3cn[nH]c3C)C2=O)cc1. The summed E-state index contributed by atoms with van der Waals surface area (Å²) < 4.78 is 0. The molecule has 1 fully saturated rings. The van der Waals surface area contributed by atoms with Gasteiger partial charge in [0.25, 0.3) is 0 Å². The lowest BCUT2D eigenvalue weighted by molar-refractivity contribution is -0.132. The summed E-state index contributed by atoms with van der Waals surface area (Å²) in [4.78, 5) is 26.6. The molecular weight excluding hydrogens is 316 g/mol. The number of nitrogens with zero attached hydrogens (tertiary/aromatic N) is 2. The first-order valence-electron chi connectivity index (χ1n) is 8.71. The first kappa shape index (κ1) is 17.2. The van der Waals surface area contributed by atoms with Gasteiger partial charge in [0.05, 0.1) is 6.20 Å². The van der Waals surface area contributed by atoms with Crippen LogP contribution in [0.2, 0.25) is 0 Å². The monoisotopic (exact) mass is 340 g/mol. The van der Waals surface area contributed by atoms with Crippen LogP contribution in [0.1, 0.15) is 29.7 Å². The average molecular weight is 340 g/mol. The third-order valence-electron chi connectivity index (χ3n) is 4.72. The Morgan fingerprint density at radius 1 is 1.32 bits per heavy atom. The number of H-pyrrole nitrogens is 1. The van der Waals surface area contributed by atoms with Gasteiger partial charge in [0, 0.05) is 24.5 Å². The largest absolute Gasteiger partial charge is 0.355 e. The van der Waals surface area contributed by atoms with E-state index in [4.69, 9.17) is 0 Å². The van der Waals surface area contributed by atoms with Crippen molar-refractivity contribution >= 4 is 17.5 Å². The second-order valence-electron chi connectivity index (χ2n) is 6.58. The number of rotatable bonds is 6. The highest BCUT2D eigenvalue weighted by Crippen LogP contribution is 2.25. The molecule has 2 heterocycles. The fraction of sp³-hybridized carbons (Fsp3) is 0.421. The molecule has 0 aliphatic carbocycles. The Kier molecular flexibility index (Phi) is 5.16. The highest BCUT2D eigenvalue weighted by atomic mass is 16.2. The summed E-state index contributed by atoms with van der Waals surface area (Å²) in [5, 5.41) is 9.79. The summed E-state index contributed by atoms with van der Waals surface area (Å²) in [6, 6.07) is 7.82. The Morgan fingerprint density at radius 2 is 2.08 bits per heavy atom. The molecule has 1 atom stereocenters. The minimum absolute atomic E-state index is 0.105. The number of benzene rings is 1. The molecule has 132 valence electrons. The second-order valence-corrected chi connectivity index (χ2v) is 6.58. The summed E-state index contributed by atoms with van der Waals surface area (Å²) in [6.45, 7) is 5.15. The Bertz CT molecular complexity index is 751. The lowest BCUT2D eigenvalue weighted by atomic mass is 10.1. The number of aryl methyl sites for hydroxylation is 3. The second kappa shape index (κ2) is 7.51. The minimum atomic E-state index is -0.572. The van der Waals surface area contributed by atoms with Crippen LogP contribution in [0.4, 0.5) is 5.69 Å². The molecule has 0 radical (unpaired) electrons. The van der Waals surface area contributed by atoms with Crippen molar-refractivity contribution in [3.8, 4) is 0 Å². The van der Waals surface area contributed by atoms with Crippen LogP contribution in [0.3, 0.4) is 0 Å². The molecule has 1 aliphatic heterocycles. The maximum atomic E-state index is 12.5. The predicted octanol–water partition coefficient (Wildman–Crippen LogP) is 2.13. The van der Waals surface area contributed by atoms with Gasteiger partial charge in [0.15, 0.2) is 0 Å². The van der Waals surface area contributed by atoms with Gasteiger partial charge >= 0.3 is 0 Å². The van der Waals surface area contributed by atoms with E-state index in [0.29, 0.717) is 19.5 Å². The molecule has 0 unspecified atom stereocenters. The summed E-state index contributed by atoms with van der Waals surface area (Å²) in [5.74, 6) is -0.840. The van der Waals surface area contributed by atoms with Crippen molar-refractivity contribution in [3.05, 3.63) is 47.3 Å². The molecule has 6 heteroatoms. The van der Waals surface area contributed by atoms with Gasteiger partial charge in [-0.3, -0.25) is 14.7 Å². The molecule has 1 saturated heterocycles. The van der Waals surface area contributed by atoms with Gasteiger partial charge in [-0.05, 0) is 50.8 Å². The molecule has 0 spiro atoms. The molecule has 1 aromatic carbocycles. The molecule has 1 aliphatic rings. The molecule has 25 heavy (non-hydrogen) atoms. The number of amides is 2. The summed E-state index contributed by atoms with van der Waals surface area (Å²) in [6.07, 6.45) is 4.07. The maximum absolute atomic E-state index is 12.5. The highest BCUT2D eigenvalue weighted by Gasteiger charge is 2.37. The molecular formula is C19H24N4O2. The maximum Gasteiger partial charge on any atom is 0.239 e. The molecule has 3 rings (SSSR count). The van der Waals surface area contributed by atoms with Crippen molar-refractivity contribution in [2.45, 2.75) is 33.1 Å². The zero-order valence-electron chi connectivity index (χ0n) is 14.7. The van der Waals surface area contributed by atoms with E-state index < -0.39 is 5.92 Å². The summed E-state index contributed by atoms with van der Waals surface area (Å²) in [5.41, 5.74) is 4.24. The van der Waals surface area contributed by atoms with Gasteiger partial charge in [-0.1, -0.05) is 17.7 Å². The van der Waals surface area contributed by atoms with Crippen LogP contribution < -0.4 is 10.2 Å². The third kappa shape index (κ3) is 3.90. The van der Waals surface area contributed by atoms with Crippen molar-refractivity contribution in [1.29, 1.82) is 0 Å². The molecule has 0 bridgehead atoms. The fourth-order valence-electron chi connectivity index (χ4n) is 3.15. The van der Waals surface area contributed by atoms with Crippen LogP contribution in [0.15, 0.2) is 30.5 Å². The highest BCUT2D eigenvalue weighted by molar-refractivity contribution is 6.09. The third-order valence-corrected chi connectivity index (χ3v) is 4.72. The number of anilines is 1. The molecule has 2 N–H and O–H groups in total. The van der Waals surface area contributed by atoms with E-state index in [1.54, 1.807) is 4.90 Å². The summed E-state index contributed by atoms with van der Waals surface area (Å²) >= 11 is 0. The van der Waals surface area contributed by atoms with E-state index in [2.05, 4.69) is 15.5 Å². The zero-order chi connectivity index (χ0) is 17.8. The topological polar surface area (TPSA) is 78.1 Å². The minimum Gasteiger partial charge on any atom is -0.355 e. The van der Waals surface area contributed by atoms with Gasteiger partial charge in [-0.2, -0.15) is 5.10 Å². The van der Waals surface area contributed by atoms with Crippen LogP contribution in [-0.4, -0.2) is 35.1 Å². The first-order chi connectivity index (χ1) is 12.1. The molecule has 0 saturated carbocycles. The average Bonchev–Trinajstić information content (AvgIpc) is 3.18. The van der Waals surface area contributed by atoms with E-state index in [9.17, 15) is 9.59 Å². The molecule has 1 aromatic heterocycles. The first-order valence-corrected chi connectivity index (χ1v) is 8.71. The van der Waals surface area contributed by atoms with Crippen molar-refractivity contribution < 1.29 is 9.59 Å². The molecule has 2 amide bonds. The van der Waals surface area contributed by atoms with Gasteiger partial charge < -0.3 is 10.2 Å². The van der Waals surface area contributed by atoms with Gasteiger partial charge in [-0.25, -0.2) is 0 Å². The molecule has 2 aromatic rings. The van der Waals surface area contributed by atoms with Gasteiger partial charge in [0.1, 0.15) is 5.92 Å². The van der Waals surface area contributed by atoms with Gasteiger partial charge in [0.2, 0.25) is 11.8 Å². The number of carbonyl (C=O) groups excluding carboxylic acids is 2. The lowest BCUT2D eigenvalue weighted by Crippen LogP contribution is -2.37. The predicted molar refractivity (Wildman–Crippen MR) is 96.3 cm³/mol. The Hall–Kier alpha value is -2.63. The fourth-order valence-corrected chi connectivity index (χ4v) is 3.15. The number of hydrogen-bond donors (Lipinski definition) is 2. The summed E-state index contributed by atoms with van der Waals surface area (Å²) in [7, 11) is 0. The van der Waals surface area contributed by atoms with Gasteiger partial charge in [-0.15, -0.1) is 0 Å². The number of aromatic amines is 1. The van der Waals surface area contributed by atoms with Crippen molar-refractivity contribution in [2.75, 3.05) is 18.0 Å². The van der Waals surface area contributed by atoms with E-state index in [1.807, 2.05) is 44.3 Å². The van der Waals surface area contributed by atoms with Crippen LogP contribution in [-0.2, 0) is 16.0 Å². The number of hydrogen-bond acceptors (Lipinski definition) is 3. The lowest BCUT2D eigenvalue weighted by Gasteiger charge is -2.17.